The molecule has 0 bridgehead atoms. The van der Waals surface area contributed by atoms with Crippen molar-refractivity contribution in [1.29, 1.82) is 0 Å². The van der Waals surface area contributed by atoms with E-state index in [2.05, 4.69) is 51.3 Å². The summed E-state index contributed by atoms with van der Waals surface area (Å²) in [6.45, 7) is 8.84. The fourth-order valence-corrected chi connectivity index (χ4v) is 4.26. The van der Waals surface area contributed by atoms with Crippen molar-refractivity contribution in [2.24, 2.45) is 5.92 Å². The van der Waals surface area contributed by atoms with Crippen molar-refractivity contribution in [1.82, 2.24) is 14.6 Å². The Hall–Kier alpha value is -0.700. The van der Waals surface area contributed by atoms with E-state index in [-0.39, 0.29) is 16.3 Å². The number of hydrogen-bond donors (Lipinski definition) is 2. The summed E-state index contributed by atoms with van der Waals surface area (Å²) in [4.78, 5) is 6.27. The standard InChI is InChI=1S/C14H23BrN4O2S/c1-14(2,3)19-5-4-10(9-19)7-18-22(20,21)12-6-11(15)8-17-13(12)16/h6,8,10,18H,4-5,7,9H2,1-3H3,(H2,16,17). The molecule has 6 nitrogen and oxygen atoms in total. The first-order valence-electron chi connectivity index (χ1n) is 7.25. The highest BCUT2D eigenvalue weighted by atomic mass is 79.9. The Balaban J connectivity index is 2.01. The topological polar surface area (TPSA) is 88.3 Å². The number of likely N-dealkylation sites (tertiary alicyclic amines) is 1. The number of nitrogens with one attached hydrogen (secondary N) is 1. The fraction of sp³-hybridized carbons (Fsp3) is 0.643. The molecule has 0 saturated carbocycles. The quantitative estimate of drug-likeness (QED) is 0.818. The molecule has 3 N–H and O–H groups in total. The second kappa shape index (κ2) is 6.43. The van der Waals surface area contributed by atoms with E-state index in [1.54, 1.807) is 0 Å². The van der Waals surface area contributed by atoms with Crippen molar-refractivity contribution in [3.8, 4) is 0 Å². The SMILES string of the molecule is CC(C)(C)N1CCC(CNS(=O)(=O)c2cc(Br)cnc2N)C1. The summed E-state index contributed by atoms with van der Waals surface area (Å²) in [5, 5.41) is 0. The zero-order chi connectivity index (χ0) is 16.5. The van der Waals surface area contributed by atoms with Crippen LogP contribution in [0.5, 0.6) is 0 Å². The Morgan fingerprint density at radius 1 is 1.50 bits per heavy atom. The van der Waals surface area contributed by atoms with Gasteiger partial charge >= 0.3 is 0 Å². The van der Waals surface area contributed by atoms with Crippen LogP contribution in [0.4, 0.5) is 5.82 Å². The molecule has 1 aliphatic heterocycles. The molecule has 1 aromatic heterocycles. The third kappa shape index (κ3) is 4.18. The van der Waals surface area contributed by atoms with Crippen LogP contribution in [0.2, 0.25) is 0 Å². The highest BCUT2D eigenvalue weighted by Gasteiger charge is 2.31. The summed E-state index contributed by atoms with van der Waals surface area (Å²) in [6, 6.07) is 1.47. The molecule has 2 rings (SSSR count). The summed E-state index contributed by atoms with van der Waals surface area (Å²) < 4.78 is 28.0. The van der Waals surface area contributed by atoms with Crippen molar-refractivity contribution in [2.75, 3.05) is 25.4 Å². The molecule has 22 heavy (non-hydrogen) atoms. The molecule has 124 valence electrons. The zero-order valence-electron chi connectivity index (χ0n) is 13.1. The van der Waals surface area contributed by atoms with Gasteiger partial charge in [-0.15, -0.1) is 0 Å². The first kappa shape index (κ1) is 17.7. The highest BCUT2D eigenvalue weighted by Crippen LogP contribution is 2.25. The largest absolute Gasteiger partial charge is 0.383 e. The Morgan fingerprint density at radius 3 is 2.77 bits per heavy atom. The molecule has 8 heteroatoms. The van der Waals surface area contributed by atoms with Crippen LogP contribution in [0.15, 0.2) is 21.6 Å². The molecule has 0 radical (unpaired) electrons. The number of nitrogen functional groups attached to an aromatic ring is 1. The Labute approximate surface area is 140 Å². The van der Waals surface area contributed by atoms with E-state index in [9.17, 15) is 8.42 Å². The van der Waals surface area contributed by atoms with Gasteiger partial charge in [-0.1, -0.05) is 0 Å². The van der Waals surface area contributed by atoms with Gasteiger partial charge in [-0.25, -0.2) is 18.1 Å². The number of anilines is 1. The molecule has 0 amide bonds. The van der Waals surface area contributed by atoms with Gasteiger partial charge in [0.2, 0.25) is 10.0 Å². The lowest BCUT2D eigenvalue weighted by Gasteiger charge is -2.31. The third-order valence-electron chi connectivity index (χ3n) is 3.93. The van der Waals surface area contributed by atoms with Crippen LogP contribution >= 0.6 is 15.9 Å². The van der Waals surface area contributed by atoms with Gasteiger partial charge < -0.3 is 5.73 Å². The molecular weight excluding hydrogens is 368 g/mol. The number of nitrogens with two attached hydrogens (primary N) is 1. The second-order valence-electron chi connectivity index (χ2n) is 6.66. The summed E-state index contributed by atoms with van der Waals surface area (Å²) >= 11 is 3.22. The predicted octanol–water partition coefficient (Wildman–Crippen LogP) is 1.82. The monoisotopic (exact) mass is 390 g/mol. The van der Waals surface area contributed by atoms with Crippen LogP contribution < -0.4 is 10.5 Å². The van der Waals surface area contributed by atoms with E-state index in [1.165, 1.54) is 12.3 Å². The third-order valence-corrected chi connectivity index (χ3v) is 5.82. The Bertz CT molecular complexity index is 643. The molecule has 1 fully saturated rings. The van der Waals surface area contributed by atoms with Crippen molar-refractivity contribution in [2.45, 2.75) is 37.6 Å². The number of hydrogen-bond acceptors (Lipinski definition) is 5. The summed E-state index contributed by atoms with van der Waals surface area (Å²) in [6.07, 6.45) is 2.47. The molecule has 0 aromatic carbocycles. The minimum atomic E-state index is -3.64. The van der Waals surface area contributed by atoms with Gasteiger partial charge in [0.25, 0.3) is 0 Å². The smallest absolute Gasteiger partial charge is 0.244 e. The first-order chi connectivity index (χ1) is 10.1. The van der Waals surface area contributed by atoms with Crippen molar-refractivity contribution >= 4 is 31.8 Å². The fourth-order valence-electron chi connectivity index (χ4n) is 2.56. The maximum absolute atomic E-state index is 12.4. The van der Waals surface area contributed by atoms with Crippen molar-refractivity contribution < 1.29 is 8.42 Å². The molecule has 1 atom stereocenters. The zero-order valence-corrected chi connectivity index (χ0v) is 15.5. The van der Waals surface area contributed by atoms with E-state index >= 15 is 0 Å². The summed E-state index contributed by atoms with van der Waals surface area (Å²) in [5.41, 5.74) is 5.80. The van der Waals surface area contributed by atoms with E-state index in [4.69, 9.17) is 5.73 Å². The van der Waals surface area contributed by atoms with Gasteiger partial charge in [0.1, 0.15) is 10.7 Å². The first-order valence-corrected chi connectivity index (χ1v) is 9.53. The maximum atomic E-state index is 12.4. The van der Waals surface area contributed by atoms with E-state index in [0.717, 1.165) is 19.5 Å². The number of halogens is 1. The number of rotatable bonds is 4. The molecule has 1 aromatic rings. The Morgan fingerprint density at radius 2 is 2.18 bits per heavy atom. The minimum absolute atomic E-state index is 0.0124. The molecule has 1 unspecified atom stereocenters. The van der Waals surface area contributed by atoms with Crippen molar-refractivity contribution in [3.05, 3.63) is 16.7 Å². The Kier molecular flexibility index (Phi) is 5.16. The normalized spacial score (nSPS) is 20.5. The molecule has 2 heterocycles. The maximum Gasteiger partial charge on any atom is 0.244 e. The minimum Gasteiger partial charge on any atom is -0.383 e. The molecular formula is C14H23BrN4O2S. The molecule has 1 aliphatic rings. The summed E-state index contributed by atoms with van der Waals surface area (Å²) in [7, 11) is -3.64. The van der Waals surface area contributed by atoms with E-state index in [0.29, 0.717) is 16.9 Å². The van der Waals surface area contributed by atoms with Crippen LogP contribution in [-0.2, 0) is 10.0 Å². The lowest BCUT2D eigenvalue weighted by Crippen LogP contribution is -2.40. The van der Waals surface area contributed by atoms with Gasteiger partial charge in [-0.05, 0) is 61.7 Å². The van der Waals surface area contributed by atoms with Gasteiger partial charge in [0, 0.05) is 29.3 Å². The van der Waals surface area contributed by atoms with Crippen molar-refractivity contribution in [3.63, 3.8) is 0 Å². The lowest BCUT2D eigenvalue weighted by atomic mass is 10.1. The average Bonchev–Trinajstić information content (AvgIpc) is 2.88. The van der Waals surface area contributed by atoms with Crippen LogP contribution in [0.1, 0.15) is 27.2 Å². The van der Waals surface area contributed by atoms with Crippen LogP contribution in [0, 0.1) is 5.92 Å². The van der Waals surface area contributed by atoms with Gasteiger partial charge in [0.15, 0.2) is 0 Å². The highest BCUT2D eigenvalue weighted by molar-refractivity contribution is 9.10. The average molecular weight is 391 g/mol. The number of aromatic nitrogens is 1. The summed E-state index contributed by atoms with van der Waals surface area (Å²) in [5.74, 6) is 0.328. The molecule has 0 aliphatic carbocycles. The van der Waals surface area contributed by atoms with Crippen LogP contribution in [-0.4, -0.2) is 43.5 Å². The lowest BCUT2D eigenvalue weighted by molar-refractivity contribution is 0.168. The van der Waals surface area contributed by atoms with Crippen LogP contribution in [0.25, 0.3) is 0 Å². The molecule has 0 spiro atoms. The number of nitrogens with zero attached hydrogens (tertiary/aromatic N) is 2. The van der Waals surface area contributed by atoms with Gasteiger partial charge in [-0.3, -0.25) is 4.90 Å². The van der Waals surface area contributed by atoms with Gasteiger partial charge in [-0.2, -0.15) is 0 Å². The molecule has 1 saturated heterocycles. The number of pyridine rings is 1. The van der Waals surface area contributed by atoms with Crippen LogP contribution in [0.3, 0.4) is 0 Å². The van der Waals surface area contributed by atoms with Gasteiger partial charge in [0.05, 0.1) is 0 Å². The predicted molar refractivity (Wildman–Crippen MR) is 91.0 cm³/mol. The van der Waals surface area contributed by atoms with E-state index < -0.39 is 10.0 Å². The van der Waals surface area contributed by atoms with E-state index in [1.807, 2.05) is 0 Å². The number of sulfonamides is 1. The second-order valence-corrected chi connectivity index (χ2v) is 9.31.